The largest absolute Gasteiger partial charge is 0.481 e. The average molecular weight is 267 g/mol. The zero-order valence-corrected chi connectivity index (χ0v) is 11.9. The van der Waals surface area contributed by atoms with Crippen LogP contribution in [0.3, 0.4) is 0 Å². The summed E-state index contributed by atoms with van der Waals surface area (Å²) in [5, 5.41) is 9.41. The molecule has 3 nitrogen and oxygen atoms in total. The van der Waals surface area contributed by atoms with Crippen LogP contribution >= 0.6 is 11.8 Å². The van der Waals surface area contributed by atoms with Gasteiger partial charge in [-0.1, -0.05) is 32.9 Å². The summed E-state index contributed by atoms with van der Waals surface area (Å²) in [4.78, 5) is 12.0. The lowest BCUT2D eigenvalue weighted by molar-refractivity contribution is -0.141. The van der Waals surface area contributed by atoms with Crippen LogP contribution in [0.5, 0.6) is 0 Å². The molecule has 0 aliphatic heterocycles. The van der Waals surface area contributed by atoms with E-state index in [1.165, 1.54) is 4.90 Å². The van der Waals surface area contributed by atoms with Gasteiger partial charge in [0.15, 0.2) is 0 Å². The van der Waals surface area contributed by atoms with E-state index < -0.39 is 11.9 Å². The lowest BCUT2D eigenvalue weighted by Crippen LogP contribution is -2.19. The van der Waals surface area contributed by atoms with E-state index in [4.69, 9.17) is 10.8 Å². The standard InChI is InChI=1S/C14H21NO2S/c1-9(2)18-12-6-4-11(5-7-12)13(15)8-10(3)14(16)17/h4-7,9-10,13H,8,15H2,1-3H3,(H,16,17). The zero-order valence-electron chi connectivity index (χ0n) is 11.1. The molecule has 0 amide bonds. The second-order valence-corrected chi connectivity index (χ2v) is 6.47. The Bertz CT molecular complexity index is 389. The van der Waals surface area contributed by atoms with Crippen LogP contribution in [0, 0.1) is 5.92 Å². The smallest absolute Gasteiger partial charge is 0.306 e. The SMILES string of the molecule is CC(C)Sc1ccc(C(N)CC(C)C(=O)O)cc1. The van der Waals surface area contributed by atoms with Gasteiger partial charge < -0.3 is 10.8 Å². The van der Waals surface area contributed by atoms with Crippen molar-refractivity contribution in [1.82, 2.24) is 0 Å². The highest BCUT2D eigenvalue weighted by Gasteiger charge is 2.16. The van der Waals surface area contributed by atoms with Gasteiger partial charge in [0.1, 0.15) is 0 Å². The number of hydrogen-bond acceptors (Lipinski definition) is 3. The topological polar surface area (TPSA) is 63.3 Å². The monoisotopic (exact) mass is 267 g/mol. The second-order valence-electron chi connectivity index (χ2n) is 4.82. The molecule has 1 aromatic rings. The Labute approximate surface area is 113 Å². The molecule has 100 valence electrons. The summed E-state index contributed by atoms with van der Waals surface area (Å²) < 4.78 is 0. The number of benzene rings is 1. The van der Waals surface area contributed by atoms with Gasteiger partial charge in [-0.05, 0) is 24.1 Å². The van der Waals surface area contributed by atoms with Crippen molar-refractivity contribution < 1.29 is 9.90 Å². The Balaban J connectivity index is 2.64. The quantitative estimate of drug-likeness (QED) is 0.776. The minimum Gasteiger partial charge on any atom is -0.481 e. The molecule has 0 aliphatic carbocycles. The minimum atomic E-state index is -0.794. The Morgan fingerprint density at radius 1 is 1.28 bits per heavy atom. The molecule has 0 saturated carbocycles. The third-order valence-corrected chi connectivity index (χ3v) is 3.72. The van der Waals surface area contributed by atoms with Crippen molar-refractivity contribution >= 4 is 17.7 Å². The van der Waals surface area contributed by atoms with Crippen LogP contribution in [0.25, 0.3) is 0 Å². The summed E-state index contributed by atoms with van der Waals surface area (Å²) >= 11 is 1.80. The molecule has 0 aromatic heterocycles. The fourth-order valence-electron chi connectivity index (χ4n) is 1.68. The first-order chi connectivity index (χ1) is 8.40. The summed E-state index contributed by atoms with van der Waals surface area (Å²) in [6, 6.07) is 7.86. The number of hydrogen-bond donors (Lipinski definition) is 2. The van der Waals surface area contributed by atoms with Crippen molar-refractivity contribution in [3.63, 3.8) is 0 Å². The summed E-state index contributed by atoms with van der Waals surface area (Å²) in [6.45, 7) is 5.99. The van der Waals surface area contributed by atoms with Crippen molar-refractivity contribution in [2.45, 2.75) is 43.4 Å². The van der Waals surface area contributed by atoms with Crippen LogP contribution in [0.2, 0.25) is 0 Å². The minimum absolute atomic E-state index is 0.214. The van der Waals surface area contributed by atoms with E-state index >= 15 is 0 Å². The highest BCUT2D eigenvalue weighted by molar-refractivity contribution is 7.99. The first-order valence-corrected chi connectivity index (χ1v) is 7.03. The number of carbonyl (C=O) groups is 1. The van der Waals surface area contributed by atoms with E-state index in [1.54, 1.807) is 18.7 Å². The molecule has 0 heterocycles. The highest BCUT2D eigenvalue weighted by atomic mass is 32.2. The molecule has 18 heavy (non-hydrogen) atoms. The molecule has 0 fully saturated rings. The maximum Gasteiger partial charge on any atom is 0.306 e. The van der Waals surface area contributed by atoms with E-state index in [1.807, 2.05) is 24.3 Å². The number of carboxylic acid groups (broad SMARTS) is 1. The molecule has 0 aliphatic rings. The summed E-state index contributed by atoms with van der Waals surface area (Å²) in [5.74, 6) is -1.21. The Morgan fingerprint density at radius 2 is 1.83 bits per heavy atom. The second kappa shape index (κ2) is 6.81. The Hall–Kier alpha value is -1.00. The number of nitrogens with two attached hydrogens (primary N) is 1. The molecule has 2 atom stereocenters. The van der Waals surface area contributed by atoms with Crippen LogP contribution in [0.15, 0.2) is 29.2 Å². The van der Waals surface area contributed by atoms with Gasteiger partial charge >= 0.3 is 5.97 Å². The van der Waals surface area contributed by atoms with Crippen molar-refractivity contribution in [1.29, 1.82) is 0 Å². The van der Waals surface area contributed by atoms with Crippen LogP contribution in [0.4, 0.5) is 0 Å². The molecule has 4 heteroatoms. The maximum atomic E-state index is 10.8. The van der Waals surface area contributed by atoms with Gasteiger partial charge in [-0.2, -0.15) is 0 Å². The average Bonchev–Trinajstić information content (AvgIpc) is 2.28. The third-order valence-electron chi connectivity index (χ3n) is 2.71. The van der Waals surface area contributed by atoms with Gasteiger partial charge in [0.05, 0.1) is 5.92 Å². The Kier molecular flexibility index (Phi) is 5.69. The maximum absolute atomic E-state index is 10.8. The van der Waals surface area contributed by atoms with Gasteiger partial charge in [0, 0.05) is 16.2 Å². The first kappa shape index (κ1) is 15.1. The molecule has 0 bridgehead atoms. The van der Waals surface area contributed by atoms with E-state index in [2.05, 4.69) is 13.8 Å². The van der Waals surface area contributed by atoms with Gasteiger partial charge in [0.25, 0.3) is 0 Å². The summed E-state index contributed by atoms with van der Waals surface area (Å²) in [7, 11) is 0. The lowest BCUT2D eigenvalue weighted by Gasteiger charge is -2.15. The molecule has 1 rings (SSSR count). The number of thioether (sulfide) groups is 1. The number of rotatable bonds is 6. The predicted molar refractivity (Wildman–Crippen MR) is 75.8 cm³/mol. The van der Waals surface area contributed by atoms with Crippen LogP contribution in [0.1, 0.15) is 38.8 Å². The van der Waals surface area contributed by atoms with Crippen molar-refractivity contribution in [2.75, 3.05) is 0 Å². The molecule has 2 unspecified atom stereocenters. The van der Waals surface area contributed by atoms with E-state index in [9.17, 15) is 4.79 Å². The highest BCUT2D eigenvalue weighted by Crippen LogP contribution is 2.25. The lowest BCUT2D eigenvalue weighted by atomic mass is 9.97. The molecular formula is C14H21NO2S. The predicted octanol–water partition coefficient (Wildman–Crippen LogP) is 3.30. The molecule has 0 radical (unpaired) electrons. The number of carboxylic acids is 1. The summed E-state index contributed by atoms with van der Waals surface area (Å²) in [6.07, 6.45) is 0.464. The molecule has 1 aromatic carbocycles. The van der Waals surface area contributed by atoms with Gasteiger partial charge in [-0.25, -0.2) is 0 Å². The van der Waals surface area contributed by atoms with Gasteiger partial charge in [-0.15, -0.1) is 11.8 Å². The fourth-order valence-corrected chi connectivity index (χ4v) is 2.52. The van der Waals surface area contributed by atoms with Crippen molar-refractivity contribution in [3.8, 4) is 0 Å². The first-order valence-electron chi connectivity index (χ1n) is 6.15. The zero-order chi connectivity index (χ0) is 13.7. The third kappa shape index (κ3) is 4.70. The van der Waals surface area contributed by atoms with Gasteiger partial charge in [-0.3, -0.25) is 4.79 Å². The van der Waals surface area contributed by atoms with E-state index in [0.717, 1.165) is 5.56 Å². The molecule has 0 saturated heterocycles. The molecule has 3 N–H and O–H groups in total. The normalized spacial score (nSPS) is 14.5. The number of aliphatic carboxylic acids is 1. The van der Waals surface area contributed by atoms with Crippen molar-refractivity contribution in [3.05, 3.63) is 29.8 Å². The van der Waals surface area contributed by atoms with Gasteiger partial charge in [0.2, 0.25) is 0 Å². The van der Waals surface area contributed by atoms with E-state index in [0.29, 0.717) is 11.7 Å². The van der Waals surface area contributed by atoms with Crippen LogP contribution in [-0.4, -0.2) is 16.3 Å². The van der Waals surface area contributed by atoms with Crippen LogP contribution < -0.4 is 5.73 Å². The molecule has 0 spiro atoms. The Morgan fingerprint density at radius 3 is 2.28 bits per heavy atom. The summed E-state index contributed by atoms with van der Waals surface area (Å²) in [5.41, 5.74) is 7.01. The van der Waals surface area contributed by atoms with Crippen LogP contribution in [-0.2, 0) is 4.79 Å². The van der Waals surface area contributed by atoms with Crippen molar-refractivity contribution in [2.24, 2.45) is 11.7 Å². The van der Waals surface area contributed by atoms with E-state index in [-0.39, 0.29) is 6.04 Å². The molecular weight excluding hydrogens is 246 g/mol. The fraction of sp³-hybridized carbons (Fsp3) is 0.500.